The lowest BCUT2D eigenvalue weighted by Gasteiger charge is -2.27. The first-order chi connectivity index (χ1) is 7.40. The number of nitrogens with one attached hydrogen (secondary N) is 1. The molecule has 2 amide bonds. The van der Waals surface area contributed by atoms with Crippen LogP contribution in [0.25, 0.3) is 0 Å². The molecule has 0 unspecified atom stereocenters. The van der Waals surface area contributed by atoms with Crippen LogP contribution >= 0.6 is 0 Å². The molecule has 0 aromatic rings. The summed E-state index contributed by atoms with van der Waals surface area (Å²) in [5, 5.41) is 10.5. The van der Waals surface area contributed by atoms with E-state index in [1.165, 1.54) is 4.90 Å². The maximum atomic E-state index is 11.7. The molecule has 0 fully saturated rings. The smallest absolute Gasteiger partial charge is 0.312 e. The van der Waals surface area contributed by atoms with Gasteiger partial charge in [0.2, 0.25) is 0 Å². The molecule has 90 valence electrons. The summed E-state index contributed by atoms with van der Waals surface area (Å²) in [6.07, 6.45) is 0. The van der Waals surface area contributed by atoms with E-state index in [9.17, 15) is 9.59 Å². The zero-order valence-corrected chi connectivity index (χ0v) is 10.3. The Hall–Kier alpha value is -1.57. The molecular formula is C11H19N3O2. The Bertz CT molecular complexity index is 292. The molecule has 0 saturated heterocycles. The average Bonchev–Trinajstić information content (AvgIpc) is 2.20. The van der Waals surface area contributed by atoms with Crippen molar-refractivity contribution in [3.63, 3.8) is 0 Å². The molecule has 0 rings (SSSR count). The number of nitriles is 1. The minimum absolute atomic E-state index is 0.0252. The molecule has 0 aromatic carbocycles. The summed E-state index contributed by atoms with van der Waals surface area (Å²) in [5.41, 5.74) is 0. The molecular weight excluding hydrogens is 206 g/mol. The van der Waals surface area contributed by atoms with Gasteiger partial charge in [0.05, 0.1) is 6.07 Å². The Balaban J connectivity index is 4.50. The van der Waals surface area contributed by atoms with E-state index < -0.39 is 11.8 Å². The number of rotatable bonds is 4. The van der Waals surface area contributed by atoms with E-state index in [4.69, 9.17) is 5.26 Å². The molecule has 0 aromatic heterocycles. The second-order valence-corrected chi connectivity index (χ2v) is 4.29. The van der Waals surface area contributed by atoms with Crippen LogP contribution in [0.1, 0.15) is 27.7 Å². The van der Waals surface area contributed by atoms with Gasteiger partial charge in [-0.15, -0.1) is 0 Å². The molecule has 0 aliphatic carbocycles. The highest BCUT2D eigenvalue weighted by atomic mass is 16.2. The van der Waals surface area contributed by atoms with E-state index in [0.717, 1.165) is 0 Å². The van der Waals surface area contributed by atoms with Crippen LogP contribution in [0.4, 0.5) is 0 Å². The van der Waals surface area contributed by atoms with Gasteiger partial charge in [-0.2, -0.15) is 5.26 Å². The highest BCUT2D eigenvalue weighted by Gasteiger charge is 2.24. The van der Waals surface area contributed by atoms with Gasteiger partial charge >= 0.3 is 11.8 Å². The van der Waals surface area contributed by atoms with Crippen molar-refractivity contribution in [2.24, 2.45) is 5.92 Å². The monoisotopic (exact) mass is 225 g/mol. The lowest BCUT2D eigenvalue weighted by Crippen LogP contribution is -2.47. The Kier molecular flexibility index (Phi) is 6.16. The predicted octanol–water partition coefficient (Wildman–Crippen LogP) is 0.519. The minimum atomic E-state index is -0.712. The fourth-order valence-electron chi connectivity index (χ4n) is 1.25. The van der Waals surface area contributed by atoms with Crippen molar-refractivity contribution in [3.8, 4) is 6.07 Å². The highest BCUT2D eigenvalue weighted by Crippen LogP contribution is 2.04. The minimum Gasteiger partial charge on any atom is -0.335 e. The van der Waals surface area contributed by atoms with Crippen LogP contribution < -0.4 is 5.32 Å². The highest BCUT2D eigenvalue weighted by molar-refractivity contribution is 6.35. The van der Waals surface area contributed by atoms with Crippen molar-refractivity contribution < 1.29 is 9.59 Å². The summed E-state index contributed by atoms with van der Waals surface area (Å²) in [5.74, 6) is -0.982. The van der Waals surface area contributed by atoms with Crippen LogP contribution in [0.15, 0.2) is 0 Å². The summed E-state index contributed by atoms with van der Waals surface area (Å²) < 4.78 is 0. The zero-order chi connectivity index (χ0) is 12.7. The first kappa shape index (κ1) is 14.4. The fraction of sp³-hybridized carbons (Fsp3) is 0.727. The van der Waals surface area contributed by atoms with Gasteiger partial charge in [-0.25, -0.2) is 0 Å². The standard InChI is InChI=1S/C11H19N3O2/c1-8(2)7-14(9(3)4)11(16)10(15)13-6-5-12/h8-9H,6-7H2,1-4H3,(H,13,15). The van der Waals surface area contributed by atoms with Crippen molar-refractivity contribution in [1.29, 1.82) is 5.26 Å². The van der Waals surface area contributed by atoms with Crippen molar-refractivity contribution >= 4 is 11.8 Å². The molecule has 5 heteroatoms. The Morgan fingerprint density at radius 2 is 1.88 bits per heavy atom. The molecule has 16 heavy (non-hydrogen) atoms. The van der Waals surface area contributed by atoms with Crippen molar-refractivity contribution in [3.05, 3.63) is 0 Å². The fourth-order valence-corrected chi connectivity index (χ4v) is 1.25. The van der Waals surface area contributed by atoms with Gasteiger partial charge in [-0.1, -0.05) is 13.8 Å². The largest absolute Gasteiger partial charge is 0.335 e. The normalized spacial score (nSPS) is 10.1. The van der Waals surface area contributed by atoms with E-state index >= 15 is 0 Å². The third-order valence-corrected chi connectivity index (χ3v) is 1.97. The first-order valence-electron chi connectivity index (χ1n) is 5.35. The summed E-state index contributed by atoms with van der Waals surface area (Å²) in [4.78, 5) is 24.6. The molecule has 0 heterocycles. The van der Waals surface area contributed by atoms with Crippen LogP contribution in [0, 0.1) is 17.2 Å². The molecule has 0 aliphatic rings. The van der Waals surface area contributed by atoms with Crippen LogP contribution in [0.5, 0.6) is 0 Å². The van der Waals surface area contributed by atoms with Crippen LogP contribution in [-0.4, -0.2) is 35.8 Å². The molecule has 0 atom stereocenters. The second kappa shape index (κ2) is 6.83. The van der Waals surface area contributed by atoms with Gasteiger partial charge in [0.25, 0.3) is 0 Å². The summed E-state index contributed by atoms with van der Waals surface area (Å²) in [6.45, 7) is 8.08. The van der Waals surface area contributed by atoms with Crippen molar-refractivity contribution in [2.75, 3.05) is 13.1 Å². The number of nitrogens with zero attached hydrogens (tertiary/aromatic N) is 2. The van der Waals surface area contributed by atoms with E-state index in [2.05, 4.69) is 5.32 Å². The first-order valence-corrected chi connectivity index (χ1v) is 5.35. The number of carbonyl (C=O) groups excluding carboxylic acids is 2. The lowest BCUT2D eigenvalue weighted by molar-refractivity contribution is -0.147. The summed E-state index contributed by atoms with van der Waals surface area (Å²) in [7, 11) is 0. The number of hydrogen-bond donors (Lipinski definition) is 1. The van der Waals surface area contributed by atoms with Crippen LogP contribution in [-0.2, 0) is 9.59 Å². The van der Waals surface area contributed by atoms with Gasteiger partial charge in [0, 0.05) is 12.6 Å². The van der Waals surface area contributed by atoms with Crippen molar-refractivity contribution in [1.82, 2.24) is 10.2 Å². The second-order valence-electron chi connectivity index (χ2n) is 4.29. The summed E-state index contributed by atoms with van der Waals surface area (Å²) in [6, 6.07) is 1.73. The Labute approximate surface area is 96.4 Å². The van der Waals surface area contributed by atoms with Crippen LogP contribution in [0.2, 0.25) is 0 Å². The molecule has 1 N–H and O–H groups in total. The summed E-state index contributed by atoms with van der Waals surface area (Å²) >= 11 is 0. The zero-order valence-electron chi connectivity index (χ0n) is 10.3. The molecule has 0 aliphatic heterocycles. The maximum Gasteiger partial charge on any atom is 0.312 e. The number of hydrogen-bond acceptors (Lipinski definition) is 3. The van der Waals surface area contributed by atoms with E-state index in [0.29, 0.717) is 12.5 Å². The third-order valence-electron chi connectivity index (χ3n) is 1.97. The number of amides is 2. The predicted molar refractivity (Wildman–Crippen MR) is 60.3 cm³/mol. The Morgan fingerprint density at radius 1 is 1.31 bits per heavy atom. The van der Waals surface area contributed by atoms with E-state index in [-0.39, 0.29) is 12.6 Å². The van der Waals surface area contributed by atoms with Crippen molar-refractivity contribution in [2.45, 2.75) is 33.7 Å². The van der Waals surface area contributed by atoms with Gasteiger partial charge in [-0.3, -0.25) is 9.59 Å². The quantitative estimate of drug-likeness (QED) is 0.560. The average molecular weight is 225 g/mol. The van der Waals surface area contributed by atoms with E-state index in [1.807, 2.05) is 27.7 Å². The Morgan fingerprint density at radius 3 is 2.25 bits per heavy atom. The third kappa shape index (κ3) is 4.78. The van der Waals surface area contributed by atoms with Gasteiger partial charge < -0.3 is 10.2 Å². The van der Waals surface area contributed by atoms with Gasteiger partial charge in [0.15, 0.2) is 0 Å². The topological polar surface area (TPSA) is 73.2 Å². The van der Waals surface area contributed by atoms with Crippen LogP contribution in [0.3, 0.4) is 0 Å². The molecule has 0 spiro atoms. The van der Waals surface area contributed by atoms with Gasteiger partial charge in [-0.05, 0) is 19.8 Å². The number of carbonyl (C=O) groups is 2. The molecule has 0 saturated carbocycles. The maximum absolute atomic E-state index is 11.7. The molecule has 5 nitrogen and oxygen atoms in total. The molecule has 0 bridgehead atoms. The lowest BCUT2D eigenvalue weighted by atomic mass is 10.1. The van der Waals surface area contributed by atoms with E-state index in [1.54, 1.807) is 6.07 Å². The molecule has 0 radical (unpaired) electrons. The SMILES string of the molecule is CC(C)CN(C(=O)C(=O)NCC#N)C(C)C. The van der Waals surface area contributed by atoms with Gasteiger partial charge in [0.1, 0.15) is 6.54 Å².